The Labute approximate surface area is 153 Å². The van der Waals surface area contributed by atoms with Gasteiger partial charge < -0.3 is 30.9 Å². The van der Waals surface area contributed by atoms with E-state index in [9.17, 15) is 14.7 Å². The van der Waals surface area contributed by atoms with Crippen LogP contribution in [0.4, 0.5) is 5.69 Å². The maximum Gasteiger partial charge on any atom is 0.313 e. The van der Waals surface area contributed by atoms with Gasteiger partial charge in [-0.05, 0) is 19.1 Å². The average Bonchev–Trinajstić information content (AvgIpc) is 3.24. The molecule has 2 aromatic rings. The van der Waals surface area contributed by atoms with Crippen LogP contribution < -0.4 is 25.8 Å². The molecule has 0 saturated heterocycles. The largest absolute Gasteiger partial charge is 0.454 e. The Bertz CT molecular complexity index is 838. The Morgan fingerprint density at radius 2 is 2.12 bits per heavy atom. The van der Waals surface area contributed by atoms with Crippen LogP contribution in [0, 0.1) is 6.92 Å². The van der Waals surface area contributed by atoms with Gasteiger partial charge in [0.15, 0.2) is 11.5 Å². The SMILES string of the molecule is Cc1nc(C(CN)NC(=O)C(=O)Nc2ccc3c(c2)OCO3)sc1CO. The molecule has 1 aliphatic rings. The van der Waals surface area contributed by atoms with Crippen LogP contribution in [0.2, 0.25) is 0 Å². The number of aryl methyl sites for hydroxylation is 1. The number of hydrogen-bond donors (Lipinski definition) is 4. The van der Waals surface area contributed by atoms with E-state index in [-0.39, 0.29) is 19.9 Å². The fourth-order valence-corrected chi connectivity index (χ4v) is 3.34. The van der Waals surface area contributed by atoms with Gasteiger partial charge in [0.05, 0.1) is 23.2 Å². The van der Waals surface area contributed by atoms with Crippen molar-refractivity contribution in [2.45, 2.75) is 19.6 Å². The van der Waals surface area contributed by atoms with E-state index in [2.05, 4.69) is 15.6 Å². The average molecular weight is 378 g/mol. The third-order valence-electron chi connectivity index (χ3n) is 3.73. The summed E-state index contributed by atoms with van der Waals surface area (Å²) in [6.07, 6.45) is 0. The number of nitrogens with zero attached hydrogens (tertiary/aromatic N) is 1. The Morgan fingerprint density at radius 3 is 2.81 bits per heavy atom. The number of benzene rings is 1. The molecule has 9 nitrogen and oxygen atoms in total. The van der Waals surface area contributed by atoms with E-state index in [4.69, 9.17) is 15.2 Å². The van der Waals surface area contributed by atoms with Crippen molar-refractivity contribution < 1.29 is 24.2 Å². The Kier molecular flexibility index (Phi) is 5.35. The van der Waals surface area contributed by atoms with Crippen LogP contribution in [0.3, 0.4) is 0 Å². The summed E-state index contributed by atoms with van der Waals surface area (Å²) in [5.74, 6) is -0.596. The van der Waals surface area contributed by atoms with Crippen molar-refractivity contribution in [1.29, 1.82) is 0 Å². The molecule has 1 unspecified atom stereocenters. The van der Waals surface area contributed by atoms with E-state index in [0.29, 0.717) is 32.8 Å². The summed E-state index contributed by atoms with van der Waals surface area (Å²) in [6, 6.07) is 4.21. The number of nitrogens with two attached hydrogens (primary N) is 1. The van der Waals surface area contributed by atoms with Crippen LogP contribution in [-0.4, -0.2) is 35.2 Å². The minimum atomic E-state index is -0.837. The third-order valence-corrected chi connectivity index (χ3v) is 4.98. The van der Waals surface area contributed by atoms with Crippen molar-refractivity contribution in [1.82, 2.24) is 10.3 Å². The summed E-state index contributed by atoms with van der Waals surface area (Å²) in [7, 11) is 0. The zero-order valence-corrected chi connectivity index (χ0v) is 14.8. The number of fused-ring (bicyclic) bond motifs is 1. The lowest BCUT2D eigenvalue weighted by Crippen LogP contribution is -2.40. The highest BCUT2D eigenvalue weighted by atomic mass is 32.1. The lowest BCUT2D eigenvalue weighted by atomic mass is 10.2. The van der Waals surface area contributed by atoms with E-state index in [1.165, 1.54) is 11.3 Å². The molecule has 0 radical (unpaired) electrons. The first-order valence-corrected chi connectivity index (χ1v) is 8.62. The summed E-state index contributed by atoms with van der Waals surface area (Å²) >= 11 is 1.25. The van der Waals surface area contributed by atoms with Gasteiger partial charge in [-0.25, -0.2) is 4.98 Å². The normalized spacial score (nSPS) is 13.3. The van der Waals surface area contributed by atoms with E-state index in [0.717, 1.165) is 0 Å². The molecule has 1 atom stereocenters. The topological polar surface area (TPSA) is 136 Å². The minimum absolute atomic E-state index is 0.0703. The molecule has 138 valence electrons. The molecule has 26 heavy (non-hydrogen) atoms. The Balaban J connectivity index is 1.64. The number of anilines is 1. The lowest BCUT2D eigenvalue weighted by Gasteiger charge is -2.14. The Morgan fingerprint density at radius 1 is 1.35 bits per heavy atom. The molecule has 3 rings (SSSR count). The van der Waals surface area contributed by atoms with Crippen molar-refractivity contribution in [2.75, 3.05) is 18.7 Å². The summed E-state index contributed by atoms with van der Waals surface area (Å²) in [5, 5.41) is 14.8. The number of amides is 2. The van der Waals surface area contributed by atoms with Gasteiger partial charge in [-0.2, -0.15) is 0 Å². The van der Waals surface area contributed by atoms with Crippen LogP contribution in [0.1, 0.15) is 21.6 Å². The van der Waals surface area contributed by atoms with E-state index < -0.39 is 17.9 Å². The van der Waals surface area contributed by atoms with Gasteiger partial charge in [-0.15, -0.1) is 11.3 Å². The maximum absolute atomic E-state index is 12.2. The van der Waals surface area contributed by atoms with Crippen LogP contribution >= 0.6 is 11.3 Å². The van der Waals surface area contributed by atoms with Crippen molar-refractivity contribution in [2.24, 2.45) is 5.73 Å². The number of rotatable bonds is 5. The van der Waals surface area contributed by atoms with Crippen LogP contribution in [0.25, 0.3) is 0 Å². The number of aromatic nitrogens is 1. The second kappa shape index (κ2) is 7.68. The van der Waals surface area contributed by atoms with E-state index in [1.807, 2.05) is 0 Å². The summed E-state index contributed by atoms with van der Waals surface area (Å²) in [6.45, 7) is 1.81. The molecule has 0 aliphatic carbocycles. The highest BCUT2D eigenvalue weighted by molar-refractivity contribution is 7.11. The van der Waals surface area contributed by atoms with Crippen molar-refractivity contribution >= 4 is 28.8 Å². The lowest BCUT2D eigenvalue weighted by molar-refractivity contribution is -0.136. The molecular formula is C16H18N4O5S. The third kappa shape index (κ3) is 3.77. The summed E-state index contributed by atoms with van der Waals surface area (Å²) < 4.78 is 10.4. The van der Waals surface area contributed by atoms with Crippen LogP contribution in [0.15, 0.2) is 18.2 Å². The molecule has 0 bridgehead atoms. The first-order chi connectivity index (χ1) is 12.5. The van der Waals surface area contributed by atoms with Gasteiger partial charge >= 0.3 is 11.8 Å². The fraction of sp³-hybridized carbons (Fsp3) is 0.312. The molecule has 2 amide bonds. The smallest absolute Gasteiger partial charge is 0.313 e. The number of aliphatic hydroxyl groups excluding tert-OH is 1. The number of nitrogens with one attached hydrogen (secondary N) is 2. The second-order valence-corrected chi connectivity index (χ2v) is 6.62. The summed E-state index contributed by atoms with van der Waals surface area (Å²) in [4.78, 5) is 29.3. The molecular weight excluding hydrogens is 360 g/mol. The van der Waals surface area contributed by atoms with Gasteiger partial charge in [0.1, 0.15) is 5.01 Å². The molecule has 1 aromatic carbocycles. The highest BCUT2D eigenvalue weighted by Gasteiger charge is 2.23. The summed E-state index contributed by atoms with van der Waals surface area (Å²) in [5.41, 5.74) is 6.78. The monoisotopic (exact) mass is 378 g/mol. The zero-order valence-electron chi connectivity index (χ0n) is 13.9. The predicted octanol–water partition coefficient (Wildman–Crippen LogP) is 0.427. The standard InChI is InChI=1S/C16H18N4O5S/c1-8-13(6-21)26-16(18-8)10(5-17)20-15(23)14(22)19-9-2-3-11-12(4-9)25-7-24-11/h2-4,10,21H,5-7,17H2,1H3,(H,19,22)(H,20,23). The van der Waals surface area contributed by atoms with E-state index in [1.54, 1.807) is 25.1 Å². The zero-order chi connectivity index (χ0) is 18.7. The number of carbonyl (C=O) groups is 2. The number of carbonyl (C=O) groups excluding carboxylic acids is 2. The molecule has 0 spiro atoms. The van der Waals surface area contributed by atoms with Gasteiger partial charge in [-0.1, -0.05) is 0 Å². The molecule has 0 fully saturated rings. The quantitative estimate of drug-likeness (QED) is 0.554. The number of hydrogen-bond acceptors (Lipinski definition) is 8. The maximum atomic E-state index is 12.2. The molecule has 0 saturated carbocycles. The molecule has 2 heterocycles. The number of thiazole rings is 1. The van der Waals surface area contributed by atoms with Crippen LogP contribution in [0.5, 0.6) is 11.5 Å². The molecule has 5 N–H and O–H groups in total. The van der Waals surface area contributed by atoms with Crippen LogP contribution in [-0.2, 0) is 16.2 Å². The van der Waals surface area contributed by atoms with Crippen molar-refractivity contribution in [3.63, 3.8) is 0 Å². The van der Waals surface area contributed by atoms with Crippen molar-refractivity contribution in [3.05, 3.63) is 33.8 Å². The predicted molar refractivity (Wildman–Crippen MR) is 93.9 cm³/mol. The number of ether oxygens (including phenoxy) is 2. The Hall–Kier alpha value is -2.69. The second-order valence-electron chi connectivity index (χ2n) is 5.50. The minimum Gasteiger partial charge on any atom is -0.454 e. The highest BCUT2D eigenvalue weighted by Crippen LogP contribution is 2.34. The van der Waals surface area contributed by atoms with E-state index >= 15 is 0 Å². The number of aliphatic hydroxyl groups is 1. The molecule has 10 heteroatoms. The fourth-order valence-electron chi connectivity index (χ4n) is 2.35. The van der Waals surface area contributed by atoms with Crippen molar-refractivity contribution in [3.8, 4) is 11.5 Å². The van der Waals surface area contributed by atoms with Gasteiger partial charge in [0.25, 0.3) is 0 Å². The first kappa shape index (κ1) is 18.1. The van der Waals surface area contributed by atoms with Gasteiger partial charge in [-0.3, -0.25) is 9.59 Å². The molecule has 1 aliphatic heterocycles. The first-order valence-electron chi connectivity index (χ1n) is 7.80. The van der Waals surface area contributed by atoms with Gasteiger partial charge in [0.2, 0.25) is 6.79 Å². The molecule has 1 aromatic heterocycles. The van der Waals surface area contributed by atoms with Gasteiger partial charge in [0, 0.05) is 18.3 Å².